The molecule has 5 nitrogen and oxygen atoms in total. The fourth-order valence-corrected chi connectivity index (χ4v) is 4.19. The van der Waals surface area contributed by atoms with Crippen molar-refractivity contribution >= 4 is 11.9 Å². The highest BCUT2D eigenvalue weighted by Crippen LogP contribution is 2.36. The molecule has 0 aliphatic carbocycles. The van der Waals surface area contributed by atoms with Crippen LogP contribution in [0.5, 0.6) is 5.75 Å². The molecule has 1 aliphatic heterocycles. The first-order chi connectivity index (χ1) is 16.3. The molecule has 0 aromatic heterocycles. The maximum absolute atomic E-state index is 12.8. The normalized spacial score (nSPS) is 15.9. The molecule has 1 atom stereocenters. The standard InChI is InChI=1S/C29H31NO4/c1-29(2,3)34-28(32)30-18-17-26(31)25(30)19-23-15-10-16-24(22-13-8-5-9-14-22)27(23)33-20-21-11-6-4-7-12-21/h4-16,25H,17-20H2,1-3H3. The van der Waals surface area contributed by atoms with Crippen LogP contribution in [0, 0.1) is 0 Å². The van der Waals surface area contributed by atoms with E-state index in [2.05, 4.69) is 0 Å². The van der Waals surface area contributed by atoms with E-state index in [1.54, 1.807) is 4.90 Å². The van der Waals surface area contributed by atoms with Crippen molar-refractivity contribution in [2.24, 2.45) is 0 Å². The Labute approximate surface area is 201 Å². The predicted molar refractivity (Wildman–Crippen MR) is 133 cm³/mol. The molecule has 1 saturated heterocycles. The number of nitrogens with zero attached hydrogens (tertiary/aromatic N) is 1. The van der Waals surface area contributed by atoms with Crippen molar-refractivity contribution in [3.63, 3.8) is 0 Å². The average molecular weight is 458 g/mol. The smallest absolute Gasteiger partial charge is 0.410 e. The van der Waals surface area contributed by atoms with Crippen LogP contribution in [0.25, 0.3) is 11.1 Å². The molecule has 4 rings (SSSR count). The van der Waals surface area contributed by atoms with E-state index in [9.17, 15) is 9.59 Å². The second kappa shape index (κ2) is 10.1. The van der Waals surface area contributed by atoms with Crippen molar-refractivity contribution in [3.05, 3.63) is 90.0 Å². The van der Waals surface area contributed by atoms with Gasteiger partial charge >= 0.3 is 6.09 Å². The van der Waals surface area contributed by atoms with Gasteiger partial charge in [0.05, 0.1) is 6.04 Å². The first-order valence-corrected chi connectivity index (χ1v) is 11.7. The first kappa shape index (κ1) is 23.6. The fourth-order valence-electron chi connectivity index (χ4n) is 4.19. The molecule has 1 unspecified atom stereocenters. The number of ether oxygens (including phenoxy) is 2. The zero-order valence-electron chi connectivity index (χ0n) is 20.0. The lowest BCUT2D eigenvalue weighted by molar-refractivity contribution is -0.119. The Bertz CT molecular complexity index is 1140. The highest BCUT2D eigenvalue weighted by atomic mass is 16.6. The number of benzene rings is 3. The molecule has 3 aromatic rings. The number of rotatable bonds is 6. The molecule has 5 heteroatoms. The summed E-state index contributed by atoms with van der Waals surface area (Å²) in [7, 11) is 0. The number of carbonyl (C=O) groups is 2. The summed E-state index contributed by atoms with van der Waals surface area (Å²) in [5.41, 5.74) is 3.33. The number of amides is 1. The number of para-hydroxylation sites is 1. The zero-order valence-corrected chi connectivity index (χ0v) is 20.0. The van der Waals surface area contributed by atoms with E-state index < -0.39 is 17.7 Å². The Kier molecular flexibility index (Phi) is 7.01. The highest BCUT2D eigenvalue weighted by Gasteiger charge is 2.38. The van der Waals surface area contributed by atoms with Crippen molar-refractivity contribution in [3.8, 4) is 16.9 Å². The Morgan fingerprint density at radius 1 is 0.941 bits per heavy atom. The molecule has 1 aliphatic rings. The largest absolute Gasteiger partial charge is 0.488 e. The quantitative estimate of drug-likeness (QED) is 0.452. The van der Waals surface area contributed by atoms with Gasteiger partial charge in [-0.15, -0.1) is 0 Å². The van der Waals surface area contributed by atoms with Crippen LogP contribution in [0.1, 0.15) is 38.3 Å². The van der Waals surface area contributed by atoms with Crippen LogP contribution in [0.4, 0.5) is 4.79 Å². The second-order valence-electron chi connectivity index (χ2n) is 9.54. The number of carbonyl (C=O) groups excluding carboxylic acids is 2. The molecule has 1 fully saturated rings. The van der Waals surface area contributed by atoms with E-state index in [1.807, 2.05) is 99.6 Å². The molecule has 34 heavy (non-hydrogen) atoms. The van der Waals surface area contributed by atoms with Gasteiger partial charge in [-0.05, 0) is 37.5 Å². The number of Topliss-reactive ketones (excluding diaryl/α,β-unsaturated/α-hetero) is 1. The zero-order chi connectivity index (χ0) is 24.1. The summed E-state index contributed by atoms with van der Waals surface area (Å²) >= 11 is 0. The summed E-state index contributed by atoms with van der Waals surface area (Å²) in [5.74, 6) is 0.784. The van der Waals surface area contributed by atoms with Crippen molar-refractivity contribution in [2.75, 3.05) is 6.54 Å². The van der Waals surface area contributed by atoms with Crippen molar-refractivity contribution in [2.45, 2.75) is 51.9 Å². The summed E-state index contributed by atoms with van der Waals surface area (Å²) in [6, 6.07) is 25.5. The second-order valence-corrected chi connectivity index (χ2v) is 9.54. The molecule has 1 heterocycles. The van der Waals surface area contributed by atoms with Crippen LogP contribution in [0.2, 0.25) is 0 Å². The molecule has 176 valence electrons. The lowest BCUT2D eigenvalue weighted by atomic mass is 9.96. The third-order valence-electron chi connectivity index (χ3n) is 5.80. The lowest BCUT2D eigenvalue weighted by Gasteiger charge is -2.28. The summed E-state index contributed by atoms with van der Waals surface area (Å²) < 4.78 is 12.0. The minimum absolute atomic E-state index is 0.0463. The van der Waals surface area contributed by atoms with Crippen LogP contribution >= 0.6 is 0 Å². The van der Waals surface area contributed by atoms with Crippen molar-refractivity contribution < 1.29 is 19.1 Å². The van der Waals surface area contributed by atoms with E-state index in [4.69, 9.17) is 9.47 Å². The van der Waals surface area contributed by atoms with Crippen LogP contribution < -0.4 is 4.74 Å². The summed E-state index contributed by atoms with van der Waals surface area (Å²) in [4.78, 5) is 27.2. The Morgan fingerprint density at radius 2 is 1.62 bits per heavy atom. The van der Waals surface area contributed by atoms with Gasteiger partial charge in [-0.3, -0.25) is 9.69 Å². The molecule has 3 aromatic carbocycles. The van der Waals surface area contributed by atoms with Gasteiger partial charge in [0.2, 0.25) is 0 Å². The van der Waals surface area contributed by atoms with Gasteiger partial charge in [0.25, 0.3) is 0 Å². The Hall–Kier alpha value is -3.60. The van der Waals surface area contributed by atoms with Crippen LogP contribution in [-0.2, 0) is 22.6 Å². The fraction of sp³-hybridized carbons (Fsp3) is 0.310. The molecule has 0 radical (unpaired) electrons. The summed E-state index contributed by atoms with van der Waals surface area (Å²) in [6.07, 6.45) is 0.264. The van der Waals surface area contributed by atoms with Crippen LogP contribution in [-0.4, -0.2) is 35.0 Å². The third kappa shape index (κ3) is 5.66. The third-order valence-corrected chi connectivity index (χ3v) is 5.80. The molecule has 0 bridgehead atoms. The minimum Gasteiger partial charge on any atom is -0.488 e. The minimum atomic E-state index is -0.621. The van der Waals surface area contributed by atoms with Gasteiger partial charge in [-0.2, -0.15) is 0 Å². The molecular formula is C29H31NO4. The molecular weight excluding hydrogens is 426 g/mol. The number of hydrogen-bond donors (Lipinski definition) is 0. The van der Waals surface area contributed by atoms with E-state index >= 15 is 0 Å². The molecule has 1 amide bonds. The molecule has 0 spiro atoms. The van der Waals surface area contributed by atoms with Crippen molar-refractivity contribution in [1.29, 1.82) is 0 Å². The SMILES string of the molecule is CC(C)(C)OC(=O)N1CCC(=O)C1Cc1cccc(-c2ccccc2)c1OCc1ccccc1. The van der Waals surface area contributed by atoms with E-state index in [-0.39, 0.29) is 5.78 Å². The lowest BCUT2D eigenvalue weighted by Crippen LogP contribution is -2.42. The Morgan fingerprint density at radius 3 is 2.29 bits per heavy atom. The van der Waals surface area contributed by atoms with Crippen LogP contribution in [0.15, 0.2) is 78.9 Å². The monoisotopic (exact) mass is 457 g/mol. The highest BCUT2D eigenvalue weighted by molar-refractivity contribution is 5.91. The van der Waals surface area contributed by atoms with E-state index in [1.165, 1.54) is 0 Å². The van der Waals surface area contributed by atoms with Crippen LogP contribution in [0.3, 0.4) is 0 Å². The van der Waals surface area contributed by atoms with E-state index in [0.717, 1.165) is 28.0 Å². The van der Waals surface area contributed by atoms with E-state index in [0.29, 0.717) is 26.0 Å². The first-order valence-electron chi connectivity index (χ1n) is 11.7. The van der Waals surface area contributed by atoms with Gasteiger partial charge < -0.3 is 9.47 Å². The summed E-state index contributed by atoms with van der Waals surface area (Å²) in [5, 5.41) is 0. The number of hydrogen-bond acceptors (Lipinski definition) is 4. The molecule has 0 saturated carbocycles. The maximum Gasteiger partial charge on any atom is 0.410 e. The number of ketones is 1. The van der Waals surface area contributed by atoms with Crippen molar-refractivity contribution in [1.82, 2.24) is 4.90 Å². The van der Waals surface area contributed by atoms with Gasteiger partial charge in [0.1, 0.15) is 18.0 Å². The number of likely N-dealkylation sites (tertiary alicyclic amines) is 1. The Balaban J connectivity index is 1.66. The predicted octanol–water partition coefficient (Wildman–Crippen LogP) is 6.05. The van der Waals surface area contributed by atoms with Gasteiger partial charge in [0.15, 0.2) is 5.78 Å². The topological polar surface area (TPSA) is 55.8 Å². The average Bonchev–Trinajstić information content (AvgIpc) is 3.18. The summed E-state index contributed by atoms with van der Waals surface area (Å²) in [6.45, 7) is 6.27. The maximum atomic E-state index is 12.8. The van der Waals surface area contributed by atoms with Gasteiger partial charge in [-0.25, -0.2) is 4.79 Å². The van der Waals surface area contributed by atoms with Gasteiger partial charge in [0, 0.05) is 24.9 Å². The van der Waals surface area contributed by atoms with Gasteiger partial charge in [-0.1, -0.05) is 78.9 Å². The molecule has 0 N–H and O–H groups in total.